The van der Waals surface area contributed by atoms with E-state index in [1.807, 2.05) is 13.8 Å². The number of hydrogen-bond acceptors (Lipinski definition) is 2. The molecule has 0 amide bonds. The summed E-state index contributed by atoms with van der Waals surface area (Å²) < 4.78 is 17.2. The van der Waals surface area contributed by atoms with Gasteiger partial charge in [0.15, 0.2) is 0 Å². The van der Waals surface area contributed by atoms with E-state index in [1.54, 1.807) is 0 Å². The molecule has 14 heavy (non-hydrogen) atoms. The summed E-state index contributed by atoms with van der Waals surface area (Å²) >= 11 is 5.69. The van der Waals surface area contributed by atoms with E-state index in [0.717, 1.165) is 12.8 Å². The lowest BCUT2D eigenvalue weighted by molar-refractivity contribution is -0.0467. The smallest absolute Gasteiger partial charge is 0.328 e. The van der Waals surface area contributed by atoms with Crippen LogP contribution in [0.2, 0.25) is 0 Å². The van der Waals surface area contributed by atoms with Crippen LogP contribution in [0, 0.1) is 0 Å². The highest BCUT2D eigenvalue weighted by Crippen LogP contribution is 2.47. The van der Waals surface area contributed by atoms with Crippen molar-refractivity contribution in [2.24, 2.45) is 0 Å². The van der Waals surface area contributed by atoms with E-state index in [4.69, 9.17) is 16.0 Å². The van der Waals surface area contributed by atoms with Gasteiger partial charge in [-0.3, -0.25) is 0 Å². The fraction of sp³-hybridized carbons (Fsp3) is 1.00. The van der Waals surface area contributed by atoms with Crippen molar-refractivity contribution >= 4 is 18.4 Å². The SMILES string of the molecule is CCC(C)(OC1CCCCC1)[P+](=O)Cl. The van der Waals surface area contributed by atoms with Crippen LogP contribution in [-0.2, 0) is 9.30 Å². The average Bonchev–Trinajstić information content (AvgIpc) is 2.19. The largest absolute Gasteiger partial charge is 0.489 e. The number of ether oxygens (including phenoxy) is 1. The quantitative estimate of drug-likeness (QED) is 0.676. The van der Waals surface area contributed by atoms with Crippen LogP contribution in [0.5, 0.6) is 0 Å². The van der Waals surface area contributed by atoms with E-state index >= 15 is 0 Å². The Hall–Kier alpha value is 0.350. The summed E-state index contributed by atoms with van der Waals surface area (Å²) in [7, 11) is -1.77. The highest BCUT2D eigenvalue weighted by Gasteiger charge is 2.45. The van der Waals surface area contributed by atoms with Crippen LogP contribution in [0.3, 0.4) is 0 Å². The zero-order valence-electron chi connectivity index (χ0n) is 8.96. The Labute approximate surface area is 91.9 Å². The van der Waals surface area contributed by atoms with Crippen molar-refractivity contribution in [1.82, 2.24) is 0 Å². The molecule has 1 fully saturated rings. The minimum Gasteiger partial charge on any atom is -0.328 e. The fourth-order valence-corrected chi connectivity index (χ4v) is 2.75. The van der Waals surface area contributed by atoms with Crippen LogP contribution in [-0.4, -0.2) is 11.4 Å². The van der Waals surface area contributed by atoms with Crippen molar-refractivity contribution in [1.29, 1.82) is 0 Å². The Kier molecular flexibility index (Phi) is 4.82. The molecule has 0 bridgehead atoms. The van der Waals surface area contributed by atoms with E-state index < -0.39 is 12.5 Å². The van der Waals surface area contributed by atoms with Gasteiger partial charge in [0.1, 0.15) is 0 Å². The maximum Gasteiger partial charge on any atom is 0.489 e. The standard InChI is InChI=1S/C10H19ClO2P/c1-3-10(2,14(11)12)13-9-7-5-4-6-8-9/h9H,3-8H2,1-2H3/q+1. The normalized spacial score (nSPS) is 24.4. The molecule has 2 unspecified atom stereocenters. The van der Waals surface area contributed by atoms with Gasteiger partial charge < -0.3 is 4.74 Å². The first-order chi connectivity index (χ1) is 6.58. The van der Waals surface area contributed by atoms with Gasteiger partial charge in [0.05, 0.1) is 6.10 Å². The summed E-state index contributed by atoms with van der Waals surface area (Å²) in [5.74, 6) is 0. The Balaban J connectivity index is 2.50. The summed E-state index contributed by atoms with van der Waals surface area (Å²) in [5.41, 5.74) is 0. The van der Waals surface area contributed by atoms with Crippen molar-refractivity contribution in [3.8, 4) is 0 Å². The molecular formula is C10H19ClO2P+. The molecule has 1 aliphatic carbocycles. The number of hydrogen-bond donors (Lipinski definition) is 0. The topological polar surface area (TPSA) is 26.3 Å². The predicted molar refractivity (Wildman–Crippen MR) is 60.1 cm³/mol. The van der Waals surface area contributed by atoms with Gasteiger partial charge in [-0.15, -0.1) is 0 Å². The molecule has 0 N–H and O–H groups in total. The lowest BCUT2D eigenvalue weighted by atomic mass is 9.97. The molecule has 0 aromatic heterocycles. The molecule has 0 spiro atoms. The Bertz CT molecular complexity index is 204. The second kappa shape index (κ2) is 5.44. The Morgan fingerprint density at radius 2 is 2.00 bits per heavy atom. The second-order valence-electron chi connectivity index (χ2n) is 4.15. The Morgan fingerprint density at radius 3 is 2.43 bits per heavy atom. The minimum atomic E-state index is -1.77. The summed E-state index contributed by atoms with van der Waals surface area (Å²) in [5, 5.41) is -0.626. The summed E-state index contributed by atoms with van der Waals surface area (Å²) in [4.78, 5) is 0. The zero-order chi connectivity index (χ0) is 10.6. The van der Waals surface area contributed by atoms with Gasteiger partial charge in [-0.2, -0.15) is 0 Å². The molecule has 0 heterocycles. The molecule has 4 heteroatoms. The fourth-order valence-electron chi connectivity index (χ4n) is 1.79. The average molecular weight is 238 g/mol. The highest BCUT2D eigenvalue weighted by molar-refractivity contribution is 7.74. The van der Waals surface area contributed by atoms with Crippen LogP contribution in [0.25, 0.3) is 0 Å². The van der Waals surface area contributed by atoms with Gasteiger partial charge in [-0.1, -0.05) is 26.2 Å². The molecule has 2 nitrogen and oxygen atoms in total. The molecule has 0 radical (unpaired) electrons. The summed E-state index contributed by atoms with van der Waals surface area (Å²) in [6.45, 7) is 3.83. The van der Waals surface area contributed by atoms with Gasteiger partial charge in [-0.05, 0) is 17.4 Å². The molecule has 0 aliphatic heterocycles. The number of halogens is 1. The third kappa shape index (κ3) is 3.18. The Morgan fingerprint density at radius 1 is 1.43 bits per heavy atom. The summed E-state index contributed by atoms with van der Waals surface area (Å²) in [6, 6.07) is 0. The first-order valence-electron chi connectivity index (χ1n) is 5.39. The van der Waals surface area contributed by atoms with E-state index in [1.165, 1.54) is 19.3 Å². The van der Waals surface area contributed by atoms with Crippen molar-refractivity contribution < 1.29 is 9.30 Å². The molecule has 0 saturated heterocycles. The maximum absolute atomic E-state index is 11.4. The maximum atomic E-state index is 11.4. The molecule has 2 atom stereocenters. The van der Waals surface area contributed by atoms with Gasteiger partial charge in [0.25, 0.3) is 5.34 Å². The van der Waals surface area contributed by atoms with E-state index in [0.29, 0.717) is 6.42 Å². The lowest BCUT2D eigenvalue weighted by Crippen LogP contribution is -2.30. The molecule has 0 aromatic rings. The van der Waals surface area contributed by atoms with Gasteiger partial charge >= 0.3 is 7.15 Å². The van der Waals surface area contributed by atoms with E-state index in [9.17, 15) is 4.57 Å². The molecule has 0 aromatic carbocycles. The van der Waals surface area contributed by atoms with Crippen LogP contribution < -0.4 is 0 Å². The molecular weight excluding hydrogens is 219 g/mol. The monoisotopic (exact) mass is 237 g/mol. The summed E-state index contributed by atoms with van der Waals surface area (Å²) in [6.07, 6.45) is 6.92. The van der Waals surface area contributed by atoms with Crippen molar-refractivity contribution in [3.05, 3.63) is 0 Å². The van der Waals surface area contributed by atoms with Crippen molar-refractivity contribution in [2.75, 3.05) is 0 Å². The predicted octanol–water partition coefficient (Wildman–Crippen LogP) is 4.44. The molecule has 82 valence electrons. The van der Waals surface area contributed by atoms with Crippen LogP contribution in [0.1, 0.15) is 52.4 Å². The lowest BCUT2D eigenvalue weighted by Gasteiger charge is -2.27. The van der Waals surface area contributed by atoms with Gasteiger partial charge in [0, 0.05) is 13.3 Å². The van der Waals surface area contributed by atoms with Crippen LogP contribution in [0.15, 0.2) is 0 Å². The van der Waals surface area contributed by atoms with Crippen molar-refractivity contribution in [3.63, 3.8) is 0 Å². The molecule has 1 aliphatic rings. The second-order valence-corrected chi connectivity index (χ2v) is 6.51. The third-order valence-electron chi connectivity index (χ3n) is 3.00. The first-order valence-corrected chi connectivity index (χ1v) is 7.56. The number of rotatable bonds is 4. The van der Waals surface area contributed by atoms with Crippen LogP contribution in [0.4, 0.5) is 0 Å². The highest BCUT2D eigenvalue weighted by atomic mass is 35.7. The van der Waals surface area contributed by atoms with E-state index in [2.05, 4.69) is 0 Å². The van der Waals surface area contributed by atoms with Gasteiger partial charge in [0.2, 0.25) is 11.2 Å². The van der Waals surface area contributed by atoms with E-state index in [-0.39, 0.29) is 6.10 Å². The minimum absolute atomic E-state index is 0.270. The first kappa shape index (κ1) is 12.4. The third-order valence-corrected chi connectivity index (χ3v) is 5.24. The zero-order valence-corrected chi connectivity index (χ0v) is 10.6. The molecule has 1 rings (SSSR count). The van der Waals surface area contributed by atoms with Crippen LogP contribution >= 0.6 is 18.4 Å². The van der Waals surface area contributed by atoms with Gasteiger partial charge in [-0.25, -0.2) is 0 Å². The molecule has 1 saturated carbocycles. The van der Waals surface area contributed by atoms with Crippen molar-refractivity contribution in [2.45, 2.75) is 63.8 Å².